The molecule has 26 heavy (non-hydrogen) atoms. The van der Waals surface area contributed by atoms with Crippen molar-refractivity contribution in [1.82, 2.24) is 5.32 Å². The van der Waals surface area contributed by atoms with Crippen molar-refractivity contribution in [1.29, 1.82) is 0 Å². The second kappa shape index (κ2) is 7.51. The monoisotopic (exact) mass is 434 g/mol. The number of carbonyl (C=O) groups excluding carboxylic acids is 2. The molecule has 0 aliphatic carbocycles. The highest BCUT2D eigenvalue weighted by atomic mass is 79.9. The Morgan fingerprint density at radius 3 is 2.62 bits per heavy atom. The van der Waals surface area contributed by atoms with Crippen LogP contribution in [0.5, 0.6) is 5.75 Å². The van der Waals surface area contributed by atoms with Gasteiger partial charge in [0.05, 0.1) is 16.3 Å². The van der Waals surface area contributed by atoms with Crippen LogP contribution >= 0.6 is 27.5 Å². The van der Waals surface area contributed by atoms with E-state index in [1.54, 1.807) is 30.3 Å². The molecule has 1 aliphatic rings. The van der Waals surface area contributed by atoms with Crippen LogP contribution in [-0.4, -0.2) is 18.0 Å². The Morgan fingerprint density at radius 2 is 1.96 bits per heavy atom. The minimum Gasteiger partial charge on any atom is -0.490 e. The van der Waals surface area contributed by atoms with E-state index >= 15 is 0 Å². The van der Waals surface area contributed by atoms with Crippen molar-refractivity contribution < 1.29 is 14.3 Å². The van der Waals surface area contributed by atoms with E-state index in [9.17, 15) is 9.59 Å². The summed E-state index contributed by atoms with van der Waals surface area (Å²) in [5.74, 6) is 0.278. The Hall–Kier alpha value is -2.31. The van der Waals surface area contributed by atoms with Crippen molar-refractivity contribution in [2.45, 2.75) is 20.0 Å². The molecule has 1 heterocycles. The van der Waals surface area contributed by atoms with Gasteiger partial charge in [-0.3, -0.25) is 4.79 Å². The quantitative estimate of drug-likeness (QED) is 0.544. The molecule has 0 saturated carbocycles. The lowest BCUT2D eigenvalue weighted by molar-refractivity contribution is -0.113. The summed E-state index contributed by atoms with van der Waals surface area (Å²) in [5, 5.41) is 3.04. The maximum absolute atomic E-state index is 12.6. The fourth-order valence-corrected chi connectivity index (χ4v) is 3.18. The highest BCUT2D eigenvalue weighted by Crippen LogP contribution is 2.29. The number of nitrogens with one attached hydrogen (secondary N) is 1. The van der Waals surface area contributed by atoms with Crippen LogP contribution in [0.3, 0.4) is 0 Å². The van der Waals surface area contributed by atoms with E-state index in [-0.39, 0.29) is 11.8 Å². The molecule has 0 bridgehead atoms. The molecule has 0 radical (unpaired) electrons. The summed E-state index contributed by atoms with van der Waals surface area (Å²) in [6.45, 7) is 3.89. The summed E-state index contributed by atoms with van der Waals surface area (Å²) in [4.78, 5) is 25.9. The summed E-state index contributed by atoms with van der Waals surface area (Å²) < 4.78 is 6.44. The number of ether oxygens (including phenoxy) is 1. The molecule has 2 aromatic carbocycles. The standard InChI is InChI=1S/C19H16BrClN2O3/c1-11(2)26-17-7-6-12(8-15(17)20)9-16-18(24)23(19(25)22-16)14-5-3-4-13(21)10-14/h3-11H,1-2H3,(H,22,25)/b16-9+. The molecule has 1 aliphatic heterocycles. The lowest BCUT2D eigenvalue weighted by atomic mass is 10.2. The number of nitrogens with zero attached hydrogens (tertiary/aromatic N) is 1. The predicted molar refractivity (Wildman–Crippen MR) is 105 cm³/mol. The maximum atomic E-state index is 12.6. The van der Waals surface area contributed by atoms with Gasteiger partial charge >= 0.3 is 6.03 Å². The highest BCUT2D eigenvalue weighted by Gasteiger charge is 2.34. The van der Waals surface area contributed by atoms with Crippen molar-refractivity contribution in [3.63, 3.8) is 0 Å². The second-order valence-corrected chi connectivity index (χ2v) is 7.26. The molecule has 134 valence electrons. The Bertz CT molecular complexity index is 911. The van der Waals surface area contributed by atoms with Crippen molar-refractivity contribution in [3.8, 4) is 5.75 Å². The molecular formula is C19H16BrClN2O3. The van der Waals surface area contributed by atoms with Crippen molar-refractivity contribution in [3.05, 3.63) is 63.2 Å². The van der Waals surface area contributed by atoms with E-state index in [0.717, 1.165) is 14.9 Å². The molecule has 1 fully saturated rings. The second-order valence-electron chi connectivity index (χ2n) is 5.97. The van der Waals surface area contributed by atoms with E-state index in [1.165, 1.54) is 0 Å². The lowest BCUT2D eigenvalue weighted by Crippen LogP contribution is -2.30. The smallest absolute Gasteiger partial charge is 0.333 e. The van der Waals surface area contributed by atoms with Gasteiger partial charge < -0.3 is 10.1 Å². The lowest BCUT2D eigenvalue weighted by Gasteiger charge is -2.12. The van der Waals surface area contributed by atoms with Gasteiger partial charge in [-0.2, -0.15) is 0 Å². The summed E-state index contributed by atoms with van der Waals surface area (Å²) in [7, 11) is 0. The molecule has 5 nitrogen and oxygen atoms in total. The number of rotatable bonds is 4. The number of anilines is 1. The number of carbonyl (C=O) groups is 2. The van der Waals surface area contributed by atoms with Gasteiger partial charge in [0.1, 0.15) is 11.4 Å². The van der Waals surface area contributed by atoms with Crippen LogP contribution in [0.25, 0.3) is 6.08 Å². The third kappa shape index (κ3) is 3.92. The van der Waals surface area contributed by atoms with E-state index in [4.69, 9.17) is 16.3 Å². The number of halogens is 2. The van der Waals surface area contributed by atoms with Crippen molar-refractivity contribution >= 4 is 51.2 Å². The normalized spacial score (nSPS) is 15.7. The van der Waals surface area contributed by atoms with Gasteiger partial charge in [0.25, 0.3) is 5.91 Å². The van der Waals surface area contributed by atoms with Gasteiger partial charge in [0, 0.05) is 5.02 Å². The van der Waals surface area contributed by atoms with E-state index in [0.29, 0.717) is 16.5 Å². The molecule has 0 unspecified atom stereocenters. The number of urea groups is 1. The number of benzene rings is 2. The third-order valence-corrected chi connectivity index (χ3v) is 4.43. The van der Waals surface area contributed by atoms with Gasteiger partial charge in [-0.05, 0) is 71.7 Å². The Kier molecular flexibility index (Phi) is 5.34. The number of hydrogen-bond acceptors (Lipinski definition) is 3. The zero-order chi connectivity index (χ0) is 18.8. The molecular weight excluding hydrogens is 420 g/mol. The van der Waals surface area contributed by atoms with E-state index in [1.807, 2.05) is 32.0 Å². The van der Waals surface area contributed by atoms with Crippen LogP contribution in [0, 0.1) is 0 Å². The molecule has 3 rings (SSSR count). The molecule has 3 amide bonds. The average molecular weight is 436 g/mol. The average Bonchev–Trinajstić information content (AvgIpc) is 2.83. The van der Waals surface area contributed by atoms with E-state index in [2.05, 4.69) is 21.2 Å². The minimum absolute atomic E-state index is 0.0532. The summed E-state index contributed by atoms with van der Waals surface area (Å²) in [6.07, 6.45) is 1.67. The van der Waals surface area contributed by atoms with Crippen molar-refractivity contribution in [2.24, 2.45) is 0 Å². The molecule has 7 heteroatoms. The number of imide groups is 1. The largest absolute Gasteiger partial charge is 0.490 e. The number of amides is 3. The minimum atomic E-state index is -0.512. The van der Waals surface area contributed by atoms with Crippen LogP contribution in [0.1, 0.15) is 19.4 Å². The van der Waals surface area contributed by atoms with Crippen LogP contribution < -0.4 is 15.0 Å². The first-order chi connectivity index (χ1) is 12.3. The molecule has 2 aromatic rings. The van der Waals surface area contributed by atoms with Gasteiger partial charge in [-0.15, -0.1) is 0 Å². The summed E-state index contributed by atoms with van der Waals surface area (Å²) in [6, 6.07) is 11.5. The van der Waals surface area contributed by atoms with E-state index < -0.39 is 11.9 Å². The summed E-state index contributed by atoms with van der Waals surface area (Å²) >= 11 is 9.41. The zero-order valence-electron chi connectivity index (χ0n) is 14.1. The first-order valence-corrected chi connectivity index (χ1v) is 9.11. The van der Waals surface area contributed by atoms with Crippen LogP contribution in [-0.2, 0) is 4.79 Å². The topological polar surface area (TPSA) is 58.6 Å². The molecule has 1 N–H and O–H groups in total. The first-order valence-electron chi connectivity index (χ1n) is 7.94. The molecule has 0 atom stereocenters. The summed E-state index contributed by atoms with van der Waals surface area (Å²) in [5.41, 5.74) is 1.37. The van der Waals surface area contributed by atoms with Gasteiger partial charge in [-0.1, -0.05) is 23.7 Å². The maximum Gasteiger partial charge on any atom is 0.333 e. The van der Waals surface area contributed by atoms with Crippen LogP contribution in [0.15, 0.2) is 52.6 Å². The van der Waals surface area contributed by atoms with Crippen LogP contribution in [0.4, 0.5) is 10.5 Å². The van der Waals surface area contributed by atoms with Crippen molar-refractivity contribution in [2.75, 3.05) is 4.90 Å². The Labute approximate surface area is 164 Å². The number of hydrogen-bond donors (Lipinski definition) is 1. The van der Waals surface area contributed by atoms with Gasteiger partial charge in [-0.25, -0.2) is 9.69 Å². The first kappa shape index (κ1) is 18.5. The molecule has 0 spiro atoms. The molecule has 1 saturated heterocycles. The molecule has 0 aromatic heterocycles. The van der Waals surface area contributed by atoms with Gasteiger partial charge in [0.2, 0.25) is 0 Å². The Morgan fingerprint density at radius 1 is 1.19 bits per heavy atom. The fourth-order valence-electron chi connectivity index (χ4n) is 2.51. The van der Waals surface area contributed by atoms with Crippen LogP contribution in [0.2, 0.25) is 5.02 Å². The SMILES string of the molecule is CC(C)Oc1ccc(/C=C2/NC(=O)N(c3cccc(Cl)c3)C2=O)cc1Br. The highest BCUT2D eigenvalue weighted by molar-refractivity contribution is 9.10. The third-order valence-electron chi connectivity index (χ3n) is 3.57. The zero-order valence-corrected chi connectivity index (χ0v) is 16.5. The van der Waals surface area contributed by atoms with Gasteiger partial charge in [0.15, 0.2) is 0 Å². The fraction of sp³-hybridized carbons (Fsp3) is 0.158. The Balaban J connectivity index is 1.87. The predicted octanol–water partition coefficient (Wildman–Crippen LogP) is 4.99.